The van der Waals surface area contributed by atoms with Gasteiger partial charge in [-0.15, -0.1) is 0 Å². The van der Waals surface area contributed by atoms with Crippen molar-refractivity contribution in [2.75, 3.05) is 32.9 Å². The molecule has 1 atom stereocenters. The number of ether oxygens (including phenoxy) is 4. The molecule has 0 spiro atoms. The second-order valence-electron chi connectivity index (χ2n) is 15.4. The number of amides is 1. The zero-order valence-corrected chi connectivity index (χ0v) is 36.1. The Labute approximate surface area is 360 Å². The molecule has 6 rings (SSSR count). The molecule has 1 N–H and O–H groups in total. The van der Waals surface area contributed by atoms with E-state index in [2.05, 4.69) is 24.6 Å². The number of aliphatic hydroxyl groups is 1. The van der Waals surface area contributed by atoms with E-state index in [1.807, 2.05) is 72.8 Å². The molecule has 14 heteroatoms. The summed E-state index contributed by atoms with van der Waals surface area (Å²) < 4.78 is 23.7. The minimum atomic E-state index is -1.35. The number of aliphatic hydroxyl groups excluding tert-OH is 1. The lowest BCUT2D eigenvalue weighted by atomic mass is 9.94. The summed E-state index contributed by atoms with van der Waals surface area (Å²) in [5.74, 6) is 0.743. The molecule has 0 radical (unpaired) electrons. The summed E-state index contributed by atoms with van der Waals surface area (Å²) in [6, 6.07) is 30.6. The molecule has 5 aromatic rings. The molecule has 4 aromatic carbocycles. The van der Waals surface area contributed by atoms with Gasteiger partial charge in [-0.05, 0) is 83.1 Å². The van der Waals surface area contributed by atoms with Gasteiger partial charge in [0.05, 0.1) is 53.6 Å². The summed E-state index contributed by atoms with van der Waals surface area (Å²) in [4.78, 5) is 30.5. The van der Waals surface area contributed by atoms with Gasteiger partial charge in [0, 0.05) is 25.7 Å². The van der Waals surface area contributed by atoms with Crippen LogP contribution in [-0.4, -0.2) is 68.4 Å². The van der Waals surface area contributed by atoms with Crippen LogP contribution in [0.3, 0.4) is 0 Å². The van der Waals surface area contributed by atoms with Crippen molar-refractivity contribution in [2.45, 2.75) is 51.2 Å². The van der Waals surface area contributed by atoms with Gasteiger partial charge < -0.3 is 29.0 Å². The average molecular weight is 864 g/mol. The highest BCUT2D eigenvalue weighted by Gasteiger charge is 2.29. The van der Waals surface area contributed by atoms with Crippen LogP contribution in [0.5, 0.6) is 17.5 Å². The highest BCUT2D eigenvalue weighted by Crippen LogP contribution is 2.44. The predicted molar refractivity (Wildman–Crippen MR) is 233 cm³/mol. The number of carbonyl (C=O) groups is 2. The Morgan fingerprint density at radius 3 is 2.28 bits per heavy atom. The average Bonchev–Trinajstić information content (AvgIpc) is 3.66. The summed E-state index contributed by atoms with van der Waals surface area (Å²) in [6.45, 7) is 7.47. The van der Waals surface area contributed by atoms with Gasteiger partial charge in [-0.3, -0.25) is 4.79 Å². The Kier molecular flexibility index (Phi) is 14.5. The predicted octanol–water partition coefficient (Wildman–Crippen LogP) is 10.1. The van der Waals surface area contributed by atoms with E-state index in [4.69, 9.17) is 42.1 Å². The molecule has 0 aliphatic heterocycles. The number of benzene rings is 4. The number of aromatic nitrogens is 1. The van der Waals surface area contributed by atoms with Crippen molar-refractivity contribution < 1.29 is 33.6 Å². The number of halogens is 2. The second-order valence-corrected chi connectivity index (χ2v) is 21.8. The largest absolute Gasteiger partial charge is 0.492 e. The van der Waals surface area contributed by atoms with E-state index < -0.39 is 20.3 Å². The second kappa shape index (κ2) is 19.9. The molecule has 0 saturated carbocycles. The number of carbonyl (C=O) groups excluding carboxylic acids is 2. The molecule has 308 valence electrons. The van der Waals surface area contributed by atoms with Gasteiger partial charge in [0.1, 0.15) is 30.1 Å². The van der Waals surface area contributed by atoms with E-state index in [9.17, 15) is 25.2 Å². The van der Waals surface area contributed by atoms with E-state index in [0.29, 0.717) is 53.2 Å². The zero-order valence-electron chi connectivity index (χ0n) is 33.5. The first-order chi connectivity index (χ1) is 28.9. The molecule has 60 heavy (non-hydrogen) atoms. The summed E-state index contributed by atoms with van der Waals surface area (Å²) in [5.41, 5.74) is 6.97. The van der Waals surface area contributed by atoms with Crippen molar-refractivity contribution in [3.8, 4) is 51.9 Å². The minimum Gasteiger partial charge on any atom is -0.492 e. The number of hydrogen-bond donors (Lipinski definition) is 1. The van der Waals surface area contributed by atoms with Crippen LogP contribution >= 0.6 is 23.2 Å². The number of hydrogen-bond acceptors (Lipinski definition) is 10. The van der Waals surface area contributed by atoms with E-state index >= 15 is 0 Å². The third-order valence-electron chi connectivity index (χ3n) is 9.95. The molecular formula is C46H44Cl2N4O7Si. The molecule has 1 aliphatic carbocycles. The number of aldehydes is 1. The fourth-order valence-corrected chi connectivity index (χ4v) is 8.11. The first-order valence-corrected chi connectivity index (χ1v) is 23.9. The monoisotopic (exact) mass is 862 g/mol. The van der Waals surface area contributed by atoms with Crippen LogP contribution in [-0.2, 0) is 17.8 Å². The maximum atomic E-state index is 12.6. The Hall–Kier alpha value is -5.89. The Bertz CT molecular complexity index is 2410. The summed E-state index contributed by atoms with van der Waals surface area (Å²) >= 11 is 13.7. The van der Waals surface area contributed by atoms with E-state index in [1.165, 1.54) is 17.0 Å². The lowest BCUT2D eigenvalue weighted by Gasteiger charge is -2.22. The number of nitrogens with zero attached hydrogens (tertiary/aromatic N) is 4. The van der Waals surface area contributed by atoms with Gasteiger partial charge in [0.2, 0.25) is 11.8 Å². The van der Waals surface area contributed by atoms with Gasteiger partial charge in [0.25, 0.3) is 0 Å². The molecule has 0 fully saturated rings. The summed E-state index contributed by atoms with van der Waals surface area (Å²) in [5, 5.41) is 28.9. The molecule has 11 nitrogen and oxygen atoms in total. The Balaban J connectivity index is 1.14. The quantitative estimate of drug-likeness (QED) is 0.0705. The topological polar surface area (TPSA) is 155 Å². The first kappa shape index (κ1) is 43.7. The van der Waals surface area contributed by atoms with Crippen molar-refractivity contribution >= 4 is 43.7 Å². The van der Waals surface area contributed by atoms with Crippen LogP contribution in [0.4, 0.5) is 4.79 Å². The number of fused-ring (bicyclic) bond motifs is 1. The van der Waals surface area contributed by atoms with Crippen LogP contribution in [0, 0.1) is 22.7 Å². The van der Waals surface area contributed by atoms with Crippen LogP contribution in [0.25, 0.3) is 22.3 Å². The Morgan fingerprint density at radius 2 is 1.60 bits per heavy atom. The standard InChI is InChI=1S/C46H44Cl2N4O7Si/c1-60(2,3)21-20-57-46(55)52(16-18-53)17-19-56-35-12-10-33(11-13-35)36-6-4-9-40(43(36)48)37-7-5-8-39-38(37)14-15-42(39)59-45-41(47)25-34(28-54)44(51-45)58-29-32-23-30(26-49)22-31(24-32)27-50/h4-13,22-25,28,42,53H,14-21,29H2,1-3H3/t42-/m0/s1. The third kappa shape index (κ3) is 10.8. The maximum Gasteiger partial charge on any atom is 0.409 e. The smallest absolute Gasteiger partial charge is 0.409 e. The van der Waals surface area contributed by atoms with Crippen molar-refractivity contribution in [1.29, 1.82) is 10.5 Å². The van der Waals surface area contributed by atoms with Gasteiger partial charge in [-0.2, -0.15) is 15.5 Å². The molecule has 0 saturated heterocycles. The molecule has 0 bridgehead atoms. The van der Waals surface area contributed by atoms with Gasteiger partial charge in [-0.25, -0.2) is 4.79 Å². The molecule has 1 aliphatic rings. The molecule has 1 amide bonds. The number of pyridine rings is 1. The zero-order chi connectivity index (χ0) is 42.8. The van der Waals surface area contributed by atoms with Gasteiger partial charge in [-0.1, -0.05) is 91.4 Å². The highest BCUT2D eigenvalue weighted by atomic mass is 35.5. The van der Waals surface area contributed by atoms with E-state index in [0.717, 1.165) is 39.4 Å². The SMILES string of the molecule is C[Si](C)(C)CCOC(=O)N(CCO)CCOc1ccc(-c2cccc(-c3cccc4c3CC[C@@H]4Oc3nc(OCc4cc(C#N)cc(C#N)c4)c(C=O)cc3Cl)c2Cl)cc1. The fourth-order valence-electron chi connectivity index (χ4n) is 6.85. The van der Waals surface area contributed by atoms with Gasteiger partial charge in [0.15, 0.2) is 6.29 Å². The van der Waals surface area contributed by atoms with Gasteiger partial charge >= 0.3 is 6.09 Å². The molecule has 1 aromatic heterocycles. The minimum absolute atomic E-state index is 0.00948. The van der Waals surface area contributed by atoms with Crippen LogP contribution in [0.15, 0.2) is 84.9 Å². The van der Waals surface area contributed by atoms with Crippen molar-refractivity contribution in [1.82, 2.24) is 9.88 Å². The molecule has 1 heterocycles. The summed E-state index contributed by atoms with van der Waals surface area (Å²) in [6.07, 6.45) is 1.10. The lowest BCUT2D eigenvalue weighted by molar-refractivity contribution is 0.0915. The Morgan fingerprint density at radius 1 is 0.900 bits per heavy atom. The maximum absolute atomic E-state index is 12.6. The highest BCUT2D eigenvalue weighted by molar-refractivity contribution is 6.76. The number of nitriles is 2. The molecular weight excluding hydrogens is 820 g/mol. The van der Waals surface area contributed by atoms with E-state index in [-0.39, 0.29) is 55.3 Å². The van der Waals surface area contributed by atoms with Crippen LogP contribution in [0.2, 0.25) is 35.7 Å². The normalized spacial score (nSPS) is 13.1. The lowest BCUT2D eigenvalue weighted by Crippen LogP contribution is -2.38. The third-order valence-corrected chi connectivity index (χ3v) is 12.3. The van der Waals surface area contributed by atoms with Crippen LogP contribution < -0.4 is 14.2 Å². The molecule has 0 unspecified atom stereocenters. The first-order valence-electron chi connectivity index (χ1n) is 19.5. The summed E-state index contributed by atoms with van der Waals surface area (Å²) in [7, 11) is -1.35. The van der Waals surface area contributed by atoms with Crippen molar-refractivity contribution in [3.05, 3.63) is 128 Å². The van der Waals surface area contributed by atoms with Crippen molar-refractivity contribution in [3.63, 3.8) is 0 Å². The van der Waals surface area contributed by atoms with E-state index in [1.54, 1.807) is 12.1 Å². The fraction of sp³-hybridized carbons (Fsp3) is 0.283. The van der Waals surface area contributed by atoms with Crippen LogP contribution in [0.1, 0.15) is 50.7 Å². The number of rotatable bonds is 17. The van der Waals surface area contributed by atoms with Crippen molar-refractivity contribution in [2.24, 2.45) is 0 Å².